The van der Waals surface area contributed by atoms with Crippen molar-refractivity contribution in [1.82, 2.24) is 4.90 Å². The van der Waals surface area contributed by atoms with E-state index in [4.69, 9.17) is 11.6 Å². The van der Waals surface area contributed by atoms with Crippen LogP contribution in [-0.2, 0) is 5.41 Å². The predicted molar refractivity (Wildman–Crippen MR) is 93.8 cm³/mol. The summed E-state index contributed by atoms with van der Waals surface area (Å²) in [6.07, 6.45) is 8.60. The van der Waals surface area contributed by atoms with Crippen LogP contribution in [0.25, 0.3) is 0 Å². The average Bonchev–Trinajstić information content (AvgIpc) is 3.24. The smallest absolute Gasteiger partial charge is 0.0410 e. The Labute approximate surface area is 139 Å². The largest absolute Gasteiger partial charge is 0.384 e. The normalized spacial score (nSPS) is 35.8. The number of nitrogens with one attached hydrogen (secondary N) is 1. The number of halogens is 1. The summed E-state index contributed by atoms with van der Waals surface area (Å²) < 4.78 is 0. The molecule has 4 aliphatic rings. The Kier molecular flexibility index (Phi) is 3.04. The predicted octanol–water partition coefficient (Wildman–Crippen LogP) is 4.53. The molecule has 2 aliphatic carbocycles. The number of rotatable bonds is 1. The van der Waals surface area contributed by atoms with Gasteiger partial charge >= 0.3 is 0 Å². The minimum Gasteiger partial charge on any atom is -0.384 e. The van der Waals surface area contributed by atoms with Crippen molar-refractivity contribution >= 4 is 17.3 Å². The fraction of sp³-hybridized carbons (Fsp3) is 0.684. The van der Waals surface area contributed by atoms with Crippen molar-refractivity contribution < 1.29 is 1.43 Å². The van der Waals surface area contributed by atoms with Gasteiger partial charge in [0.05, 0.1) is 0 Å². The van der Waals surface area contributed by atoms with Gasteiger partial charge in [-0.2, -0.15) is 0 Å². The van der Waals surface area contributed by atoms with Crippen LogP contribution < -0.4 is 5.32 Å². The average molecular weight is 319 g/mol. The summed E-state index contributed by atoms with van der Waals surface area (Å²) in [5.41, 5.74) is 3.14. The molecular weight excluding hydrogens is 292 g/mol. The Hall–Kier alpha value is -0.730. The van der Waals surface area contributed by atoms with Crippen molar-refractivity contribution in [2.75, 3.05) is 25.0 Å². The second-order valence-electron chi connectivity index (χ2n) is 8.10. The number of hydrogen-bond acceptors (Lipinski definition) is 2. The highest BCUT2D eigenvalue weighted by molar-refractivity contribution is 6.30. The molecular formula is C19H27ClN2. The van der Waals surface area contributed by atoms with Crippen molar-refractivity contribution in [3.63, 3.8) is 0 Å². The zero-order valence-corrected chi connectivity index (χ0v) is 13.9. The third kappa shape index (κ3) is 1.96. The van der Waals surface area contributed by atoms with Crippen molar-refractivity contribution in [3.8, 4) is 0 Å². The van der Waals surface area contributed by atoms with Gasteiger partial charge in [-0.05, 0) is 80.8 Å². The molecule has 2 aliphatic heterocycles. The molecule has 3 heteroatoms. The van der Waals surface area contributed by atoms with Crippen molar-refractivity contribution in [1.29, 1.82) is 0 Å². The monoisotopic (exact) mass is 318 g/mol. The van der Waals surface area contributed by atoms with Crippen molar-refractivity contribution in [3.05, 3.63) is 28.8 Å². The molecule has 0 aromatic heterocycles. The first-order valence-corrected chi connectivity index (χ1v) is 9.39. The standard InChI is InChI=1S/C19H25ClN2.H2/c20-15-3-4-17-16(11-15)19(12-21-17)5-7-22(8-6-19)18-10-13-1-2-14(18)9-13;/h3-4,11,13-14,18,21H,1-2,5-10,12H2;1H. The van der Waals surface area contributed by atoms with Gasteiger partial charge in [0.1, 0.15) is 0 Å². The first kappa shape index (κ1) is 13.7. The highest BCUT2D eigenvalue weighted by Gasteiger charge is 2.46. The highest BCUT2D eigenvalue weighted by atomic mass is 35.5. The molecule has 2 bridgehead atoms. The van der Waals surface area contributed by atoms with Gasteiger partial charge in [0.2, 0.25) is 0 Å². The Morgan fingerprint density at radius 3 is 2.77 bits per heavy atom. The van der Waals surface area contributed by atoms with Gasteiger partial charge in [0.25, 0.3) is 0 Å². The van der Waals surface area contributed by atoms with Crippen LogP contribution in [0.1, 0.15) is 45.5 Å². The molecule has 1 aromatic carbocycles. The van der Waals surface area contributed by atoms with Crippen LogP contribution in [0, 0.1) is 11.8 Å². The third-order valence-electron chi connectivity index (χ3n) is 7.10. The van der Waals surface area contributed by atoms with Gasteiger partial charge in [0.15, 0.2) is 0 Å². The first-order valence-electron chi connectivity index (χ1n) is 9.01. The summed E-state index contributed by atoms with van der Waals surface area (Å²) >= 11 is 6.26. The Morgan fingerprint density at radius 2 is 2.05 bits per heavy atom. The summed E-state index contributed by atoms with van der Waals surface area (Å²) in [7, 11) is 0. The summed E-state index contributed by atoms with van der Waals surface area (Å²) in [5.74, 6) is 2.07. The van der Waals surface area contributed by atoms with Crippen molar-refractivity contribution in [2.24, 2.45) is 11.8 Å². The molecule has 2 nitrogen and oxygen atoms in total. The number of nitrogens with zero attached hydrogens (tertiary/aromatic N) is 1. The van der Waals surface area contributed by atoms with Gasteiger partial charge in [-0.1, -0.05) is 18.0 Å². The van der Waals surface area contributed by atoms with Crippen LogP contribution in [0.2, 0.25) is 5.02 Å². The summed E-state index contributed by atoms with van der Waals surface area (Å²) in [6.45, 7) is 3.66. The Balaban J connectivity index is 0.00000135. The van der Waals surface area contributed by atoms with Crippen LogP contribution >= 0.6 is 11.6 Å². The third-order valence-corrected chi connectivity index (χ3v) is 7.33. The topological polar surface area (TPSA) is 15.3 Å². The first-order chi connectivity index (χ1) is 10.7. The van der Waals surface area contributed by atoms with E-state index in [1.165, 1.54) is 62.9 Å². The van der Waals surface area contributed by atoms with Crippen LogP contribution in [0.3, 0.4) is 0 Å². The second kappa shape index (κ2) is 4.88. The maximum atomic E-state index is 6.26. The van der Waals surface area contributed by atoms with E-state index in [1.54, 1.807) is 0 Å². The lowest BCUT2D eigenvalue weighted by molar-refractivity contribution is 0.0887. The van der Waals surface area contributed by atoms with E-state index < -0.39 is 0 Å². The highest BCUT2D eigenvalue weighted by Crippen LogP contribution is 2.50. The molecule has 3 atom stereocenters. The lowest BCUT2D eigenvalue weighted by atomic mass is 9.73. The van der Waals surface area contributed by atoms with Gasteiger partial charge < -0.3 is 10.2 Å². The molecule has 0 radical (unpaired) electrons. The zero-order chi connectivity index (χ0) is 14.7. The van der Waals surface area contributed by atoms with Crippen LogP contribution in [0.5, 0.6) is 0 Å². The quantitative estimate of drug-likeness (QED) is 0.818. The molecule has 120 valence electrons. The van der Waals surface area contributed by atoms with Gasteiger partial charge in [-0.3, -0.25) is 0 Å². The molecule has 3 fully saturated rings. The molecule has 1 N–H and O–H groups in total. The van der Waals surface area contributed by atoms with Gasteiger partial charge in [0, 0.05) is 30.1 Å². The number of anilines is 1. The minimum absolute atomic E-state index is 0. The molecule has 5 rings (SSSR count). The van der Waals surface area contributed by atoms with Gasteiger partial charge in [-0.25, -0.2) is 0 Å². The zero-order valence-electron chi connectivity index (χ0n) is 13.2. The number of likely N-dealkylation sites (tertiary alicyclic amines) is 1. The molecule has 3 unspecified atom stereocenters. The Bertz CT molecular complexity index is 597. The Morgan fingerprint density at radius 1 is 1.18 bits per heavy atom. The van der Waals surface area contributed by atoms with E-state index in [0.717, 1.165) is 29.4 Å². The fourth-order valence-electron chi connectivity index (χ4n) is 5.86. The summed E-state index contributed by atoms with van der Waals surface area (Å²) in [4.78, 5) is 2.83. The molecule has 1 aromatic rings. The second-order valence-corrected chi connectivity index (χ2v) is 8.54. The SMILES string of the molecule is Clc1ccc2c(c1)C1(CCN(C3CC4CCC3C4)CC1)CN2.[HH]. The maximum Gasteiger partial charge on any atom is 0.0410 e. The van der Waals surface area contributed by atoms with E-state index in [0.29, 0.717) is 5.41 Å². The number of fused-ring (bicyclic) bond motifs is 4. The van der Waals surface area contributed by atoms with E-state index >= 15 is 0 Å². The molecule has 1 spiro atoms. The van der Waals surface area contributed by atoms with Crippen LogP contribution in [-0.4, -0.2) is 30.6 Å². The molecule has 0 amide bonds. The van der Waals surface area contributed by atoms with Crippen LogP contribution in [0.4, 0.5) is 5.69 Å². The maximum absolute atomic E-state index is 6.26. The molecule has 2 saturated carbocycles. The molecule has 22 heavy (non-hydrogen) atoms. The summed E-state index contributed by atoms with van der Waals surface area (Å²) in [6, 6.07) is 7.29. The number of piperidine rings is 1. The van der Waals surface area contributed by atoms with E-state index in [2.05, 4.69) is 22.3 Å². The number of hydrogen-bond donors (Lipinski definition) is 1. The lowest BCUT2D eigenvalue weighted by Gasteiger charge is -2.44. The van der Waals surface area contributed by atoms with E-state index in [1.807, 2.05) is 6.07 Å². The fourth-order valence-corrected chi connectivity index (χ4v) is 6.03. The van der Waals surface area contributed by atoms with Crippen LogP contribution in [0.15, 0.2) is 18.2 Å². The minimum atomic E-state index is 0. The summed E-state index contributed by atoms with van der Waals surface area (Å²) in [5, 5.41) is 4.51. The molecule has 2 heterocycles. The van der Waals surface area contributed by atoms with Gasteiger partial charge in [-0.15, -0.1) is 0 Å². The lowest BCUT2D eigenvalue weighted by Crippen LogP contribution is -2.49. The van der Waals surface area contributed by atoms with E-state index in [9.17, 15) is 0 Å². The molecule has 1 saturated heterocycles. The van der Waals surface area contributed by atoms with Crippen molar-refractivity contribution in [2.45, 2.75) is 50.0 Å². The number of benzene rings is 1. The van der Waals surface area contributed by atoms with E-state index in [-0.39, 0.29) is 1.43 Å².